The lowest BCUT2D eigenvalue weighted by molar-refractivity contribution is -0.578. The molecule has 3 aromatic rings. The molecule has 0 radical (unpaired) electrons. The van der Waals surface area contributed by atoms with Gasteiger partial charge in [0.1, 0.15) is 11.3 Å². The number of aromatic nitrogens is 2. The average Bonchev–Trinajstić information content (AvgIpc) is 2.85. The molecule has 0 atom stereocenters. The number of alkyl halides is 6. The van der Waals surface area contributed by atoms with Crippen LogP contribution in [-0.2, 0) is 25.8 Å². The number of hydrogen-bond donors (Lipinski definition) is 0. The third-order valence-corrected chi connectivity index (χ3v) is 4.63. The lowest BCUT2D eigenvalue weighted by Gasteiger charge is -2.12. The van der Waals surface area contributed by atoms with E-state index in [2.05, 4.69) is 0 Å². The molecule has 0 bridgehead atoms. The van der Waals surface area contributed by atoms with Crippen LogP contribution in [0.4, 0.5) is 26.3 Å². The predicted octanol–water partition coefficient (Wildman–Crippen LogP) is 5.36. The normalized spacial score (nSPS) is 12.8. The van der Waals surface area contributed by atoms with Crippen LogP contribution in [-0.4, -0.2) is 4.57 Å². The molecule has 2 aromatic carbocycles. The zero-order valence-electron chi connectivity index (χ0n) is 14.8. The monoisotopic (exact) mass is 387 g/mol. The van der Waals surface area contributed by atoms with Crippen LogP contribution in [0.5, 0.6) is 0 Å². The second-order valence-corrected chi connectivity index (χ2v) is 6.34. The van der Waals surface area contributed by atoms with Gasteiger partial charge < -0.3 is 0 Å². The summed E-state index contributed by atoms with van der Waals surface area (Å²) in [6, 6.07) is 7.81. The van der Waals surface area contributed by atoms with Crippen LogP contribution >= 0.6 is 0 Å². The number of imidazole rings is 1. The second-order valence-electron chi connectivity index (χ2n) is 6.34. The highest BCUT2D eigenvalue weighted by atomic mass is 19.4. The van der Waals surface area contributed by atoms with Crippen molar-refractivity contribution < 1.29 is 30.9 Å². The molecule has 1 heterocycles. The summed E-state index contributed by atoms with van der Waals surface area (Å²) in [5, 5.41) is 0. The van der Waals surface area contributed by atoms with Crippen molar-refractivity contribution in [2.45, 2.75) is 32.6 Å². The molecular formula is C19H17F6N2+. The van der Waals surface area contributed by atoms with Crippen molar-refractivity contribution in [2.24, 2.45) is 7.05 Å². The molecule has 0 unspecified atom stereocenters. The number of rotatable bonds is 2. The molecule has 0 aliphatic heterocycles. The summed E-state index contributed by atoms with van der Waals surface area (Å²) in [6.07, 6.45) is -9.47. The number of benzene rings is 2. The van der Waals surface area contributed by atoms with E-state index in [0.717, 1.165) is 11.6 Å². The SMILES string of the molecule is CCc1n(C)c2cc(C(F)(F)F)cc(C(F)(F)F)c2[n+]1-c1ccccc1C. The lowest BCUT2D eigenvalue weighted by Crippen LogP contribution is -2.37. The van der Waals surface area contributed by atoms with Gasteiger partial charge in [0, 0.05) is 12.5 Å². The van der Waals surface area contributed by atoms with Crippen molar-refractivity contribution >= 4 is 11.0 Å². The number of fused-ring (bicyclic) bond motifs is 1. The van der Waals surface area contributed by atoms with Gasteiger partial charge in [-0.05, 0) is 24.6 Å². The molecule has 144 valence electrons. The smallest absolute Gasteiger partial charge is 0.230 e. The topological polar surface area (TPSA) is 8.81 Å². The fourth-order valence-electron chi connectivity index (χ4n) is 3.38. The summed E-state index contributed by atoms with van der Waals surface area (Å²) in [7, 11) is 1.48. The van der Waals surface area contributed by atoms with Crippen LogP contribution in [0.25, 0.3) is 16.7 Å². The first-order valence-corrected chi connectivity index (χ1v) is 8.24. The van der Waals surface area contributed by atoms with Gasteiger partial charge in [-0.1, -0.05) is 25.1 Å². The van der Waals surface area contributed by atoms with Crippen LogP contribution < -0.4 is 4.57 Å². The highest BCUT2D eigenvalue weighted by Crippen LogP contribution is 2.40. The van der Waals surface area contributed by atoms with E-state index in [1.807, 2.05) is 0 Å². The summed E-state index contributed by atoms with van der Waals surface area (Å²) in [5.74, 6) is 0.476. The summed E-state index contributed by atoms with van der Waals surface area (Å²) < 4.78 is 83.6. The minimum atomic E-state index is -4.93. The van der Waals surface area contributed by atoms with E-state index in [4.69, 9.17) is 0 Å². The van der Waals surface area contributed by atoms with Crippen molar-refractivity contribution in [2.75, 3.05) is 0 Å². The molecule has 0 fully saturated rings. The van der Waals surface area contributed by atoms with Crippen LogP contribution in [0.1, 0.15) is 29.4 Å². The molecule has 0 N–H and O–H groups in total. The molecule has 0 saturated carbocycles. The summed E-state index contributed by atoms with van der Waals surface area (Å²) in [5.41, 5.74) is -1.78. The Kier molecular flexibility index (Phi) is 4.48. The Morgan fingerprint density at radius 1 is 0.963 bits per heavy atom. The van der Waals surface area contributed by atoms with E-state index in [0.29, 0.717) is 17.9 Å². The Bertz CT molecular complexity index is 1010. The van der Waals surface area contributed by atoms with Crippen molar-refractivity contribution in [1.29, 1.82) is 0 Å². The van der Waals surface area contributed by atoms with Crippen molar-refractivity contribution in [3.05, 3.63) is 58.9 Å². The predicted molar refractivity (Wildman–Crippen MR) is 88.6 cm³/mol. The number of aryl methyl sites for hydroxylation is 2. The molecule has 0 amide bonds. The molecular weight excluding hydrogens is 370 g/mol. The molecule has 0 spiro atoms. The largest absolute Gasteiger partial charge is 0.420 e. The maximum atomic E-state index is 13.7. The van der Waals surface area contributed by atoms with Crippen LogP contribution in [0.15, 0.2) is 36.4 Å². The minimum absolute atomic E-state index is 0.114. The molecule has 0 aliphatic carbocycles. The van der Waals surface area contributed by atoms with Gasteiger partial charge in [-0.3, -0.25) is 0 Å². The van der Waals surface area contributed by atoms with E-state index in [1.165, 1.54) is 16.2 Å². The quantitative estimate of drug-likeness (QED) is 0.413. The number of nitrogens with zero attached hydrogens (tertiary/aromatic N) is 2. The van der Waals surface area contributed by atoms with Crippen LogP contribution in [0.2, 0.25) is 0 Å². The van der Waals surface area contributed by atoms with Crippen LogP contribution in [0, 0.1) is 6.92 Å². The molecule has 3 rings (SSSR count). The maximum Gasteiger partial charge on any atom is 0.420 e. The fraction of sp³-hybridized carbons (Fsp3) is 0.316. The molecule has 8 heteroatoms. The Morgan fingerprint density at radius 3 is 2.11 bits per heavy atom. The standard InChI is InChI=1S/C19H17F6N2/c1-4-16-26(3)15-10-12(18(20,21)22)9-13(19(23,24)25)17(15)27(16)14-8-6-5-7-11(14)2/h5-10H,4H2,1-3H3/q+1. The summed E-state index contributed by atoms with van der Waals surface area (Å²) in [6.45, 7) is 3.50. The Labute approximate surface area is 151 Å². The number of halogens is 6. The van der Waals surface area contributed by atoms with Gasteiger partial charge in [-0.15, -0.1) is 0 Å². The average molecular weight is 387 g/mol. The zero-order valence-corrected chi connectivity index (χ0v) is 14.8. The minimum Gasteiger partial charge on any atom is -0.230 e. The molecule has 2 nitrogen and oxygen atoms in total. The van der Waals surface area contributed by atoms with Crippen molar-refractivity contribution in [3.8, 4) is 5.69 Å². The van der Waals surface area contributed by atoms with Gasteiger partial charge in [0.2, 0.25) is 0 Å². The fourth-order valence-corrected chi connectivity index (χ4v) is 3.38. The number of para-hydroxylation sites is 1. The van der Waals surface area contributed by atoms with Gasteiger partial charge in [-0.25, -0.2) is 4.57 Å². The molecule has 0 saturated heterocycles. The van der Waals surface area contributed by atoms with Gasteiger partial charge in [0.25, 0.3) is 5.82 Å². The summed E-state index contributed by atoms with van der Waals surface area (Å²) >= 11 is 0. The Hall–Kier alpha value is -2.51. The summed E-state index contributed by atoms with van der Waals surface area (Å²) in [4.78, 5) is 0. The van der Waals surface area contributed by atoms with E-state index < -0.39 is 23.5 Å². The Morgan fingerprint density at radius 2 is 1.59 bits per heavy atom. The second kappa shape index (κ2) is 6.28. The number of hydrogen-bond acceptors (Lipinski definition) is 0. The van der Waals surface area contributed by atoms with Gasteiger partial charge in [0.15, 0.2) is 11.0 Å². The van der Waals surface area contributed by atoms with E-state index in [9.17, 15) is 26.3 Å². The first-order valence-electron chi connectivity index (χ1n) is 8.24. The third kappa shape index (κ3) is 3.17. The van der Waals surface area contributed by atoms with E-state index in [1.54, 1.807) is 38.1 Å². The van der Waals surface area contributed by atoms with Crippen molar-refractivity contribution in [1.82, 2.24) is 4.57 Å². The molecule has 1 aromatic heterocycles. The maximum absolute atomic E-state index is 13.7. The third-order valence-electron chi connectivity index (χ3n) is 4.63. The lowest BCUT2D eigenvalue weighted by atomic mass is 10.1. The first-order chi connectivity index (χ1) is 12.5. The van der Waals surface area contributed by atoms with E-state index >= 15 is 0 Å². The van der Waals surface area contributed by atoms with Gasteiger partial charge in [0.05, 0.1) is 12.6 Å². The van der Waals surface area contributed by atoms with E-state index in [-0.39, 0.29) is 17.1 Å². The van der Waals surface area contributed by atoms with Crippen molar-refractivity contribution in [3.63, 3.8) is 0 Å². The highest BCUT2D eigenvalue weighted by molar-refractivity contribution is 5.79. The highest BCUT2D eigenvalue weighted by Gasteiger charge is 2.43. The Balaban J connectivity index is 2.56. The molecule has 27 heavy (non-hydrogen) atoms. The zero-order chi connectivity index (χ0) is 20.1. The van der Waals surface area contributed by atoms with Crippen LogP contribution in [0.3, 0.4) is 0 Å². The first kappa shape index (κ1) is 19.3. The van der Waals surface area contributed by atoms with Gasteiger partial charge in [-0.2, -0.15) is 30.9 Å². The molecule has 0 aliphatic rings. The van der Waals surface area contributed by atoms with Gasteiger partial charge >= 0.3 is 12.4 Å².